The highest BCUT2D eigenvalue weighted by Crippen LogP contribution is 2.68. The normalized spacial score (nSPS) is 48.9. The summed E-state index contributed by atoms with van der Waals surface area (Å²) in [6.07, 6.45) is 5.73. The van der Waals surface area contributed by atoms with Gasteiger partial charge < -0.3 is 14.6 Å². The van der Waals surface area contributed by atoms with Gasteiger partial charge in [0.25, 0.3) is 0 Å². The van der Waals surface area contributed by atoms with Crippen LogP contribution in [0.4, 0.5) is 0 Å². The van der Waals surface area contributed by atoms with E-state index in [9.17, 15) is 19.5 Å². The average Bonchev–Trinajstić information content (AvgIpc) is 2.95. The van der Waals surface area contributed by atoms with Crippen LogP contribution in [0.15, 0.2) is 0 Å². The molecule has 1 N–H and O–H groups in total. The lowest BCUT2D eigenvalue weighted by atomic mass is 9.43. The van der Waals surface area contributed by atoms with Crippen molar-refractivity contribution in [2.45, 2.75) is 83.8 Å². The van der Waals surface area contributed by atoms with Gasteiger partial charge in [0, 0.05) is 13.3 Å². The molecule has 0 spiro atoms. The van der Waals surface area contributed by atoms with Crippen molar-refractivity contribution >= 4 is 17.7 Å². The quantitative estimate of drug-likeness (QED) is 0.709. The zero-order valence-corrected chi connectivity index (χ0v) is 18.0. The minimum atomic E-state index is -1.15. The van der Waals surface area contributed by atoms with Gasteiger partial charge in [-0.15, -0.1) is 0 Å². The van der Waals surface area contributed by atoms with Gasteiger partial charge in [0.05, 0.1) is 24.0 Å². The van der Waals surface area contributed by atoms with Crippen LogP contribution in [0.2, 0.25) is 0 Å². The molecule has 4 rings (SSSR count). The van der Waals surface area contributed by atoms with Gasteiger partial charge in [-0.25, -0.2) is 0 Å². The highest BCUT2D eigenvalue weighted by Gasteiger charge is 2.72. The smallest absolute Gasteiger partial charge is 0.309 e. The summed E-state index contributed by atoms with van der Waals surface area (Å²) >= 11 is 0. The van der Waals surface area contributed by atoms with E-state index in [1.165, 1.54) is 14.0 Å². The Balaban J connectivity index is 1.64. The predicted molar refractivity (Wildman–Crippen MR) is 105 cm³/mol. The average molecular weight is 407 g/mol. The summed E-state index contributed by atoms with van der Waals surface area (Å²) in [6.45, 7) is 5.52. The van der Waals surface area contributed by atoms with Crippen molar-refractivity contribution in [2.24, 2.45) is 34.5 Å². The second-order valence-corrected chi connectivity index (χ2v) is 10.4. The molecule has 4 aliphatic carbocycles. The Labute approximate surface area is 172 Å². The fourth-order valence-electron chi connectivity index (χ4n) is 7.77. The van der Waals surface area contributed by atoms with Crippen LogP contribution in [-0.2, 0) is 23.9 Å². The van der Waals surface area contributed by atoms with E-state index in [0.29, 0.717) is 25.2 Å². The second-order valence-electron chi connectivity index (χ2n) is 10.4. The summed E-state index contributed by atoms with van der Waals surface area (Å²) in [6, 6.07) is 0. The van der Waals surface area contributed by atoms with Gasteiger partial charge in [-0.1, -0.05) is 6.92 Å². The zero-order chi connectivity index (χ0) is 21.2. The number of aliphatic hydroxyl groups is 1. The van der Waals surface area contributed by atoms with Crippen LogP contribution in [0.1, 0.15) is 72.1 Å². The molecule has 4 saturated carbocycles. The molecule has 0 heterocycles. The van der Waals surface area contributed by atoms with Gasteiger partial charge in [0.15, 0.2) is 0 Å². The van der Waals surface area contributed by atoms with Crippen LogP contribution in [0.5, 0.6) is 0 Å². The van der Waals surface area contributed by atoms with Crippen LogP contribution in [0.3, 0.4) is 0 Å². The number of hydrogen-bond donors (Lipinski definition) is 1. The number of fused-ring (bicyclic) bond motifs is 5. The van der Waals surface area contributed by atoms with E-state index in [1.54, 1.807) is 6.92 Å². The van der Waals surface area contributed by atoms with Crippen molar-refractivity contribution in [3.63, 3.8) is 0 Å². The first kappa shape index (κ1) is 20.8. The van der Waals surface area contributed by atoms with E-state index in [-0.39, 0.29) is 41.1 Å². The minimum absolute atomic E-state index is 0.0122. The molecule has 4 fully saturated rings. The minimum Gasteiger partial charge on any atom is -0.469 e. The Hall–Kier alpha value is -1.43. The van der Waals surface area contributed by atoms with Crippen LogP contribution < -0.4 is 0 Å². The molecule has 0 bridgehead atoms. The van der Waals surface area contributed by atoms with E-state index in [1.807, 2.05) is 0 Å². The Bertz CT molecular complexity index is 733. The lowest BCUT2D eigenvalue weighted by molar-refractivity contribution is -0.210. The molecule has 0 aliphatic heterocycles. The summed E-state index contributed by atoms with van der Waals surface area (Å²) in [4.78, 5) is 37.3. The SMILES string of the molecule is COC(=O)[C@H]1CC[C@@]2(O)[C@@H]3CC[C@H]4C[C@@H](OC(C)=O)CC[C@]4(C)[C@H]3CC(=O)[C@]12C. The van der Waals surface area contributed by atoms with Gasteiger partial charge in [0.1, 0.15) is 11.9 Å². The molecule has 0 saturated heterocycles. The summed E-state index contributed by atoms with van der Waals surface area (Å²) in [5.74, 6) is -0.635. The maximum atomic E-state index is 13.5. The Morgan fingerprint density at radius 3 is 2.45 bits per heavy atom. The summed E-state index contributed by atoms with van der Waals surface area (Å²) < 4.78 is 10.5. The van der Waals surface area contributed by atoms with Crippen molar-refractivity contribution in [3.05, 3.63) is 0 Å². The number of Topliss-reactive ketones (excluding diaryl/α,β-unsaturated/α-hetero) is 1. The van der Waals surface area contributed by atoms with Gasteiger partial charge in [-0.2, -0.15) is 0 Å². The van der Waals surface area contributed by atoms with Crippen molar-refractivity contribution in [1.82, 2.24) is 0 Å². The Morgan fingerprint density at radius 2 is 1.79 bits per heavy atom. The number of methoxy groups -OCH3 is 1. The number of rotatable bonds is 2. The van der Waals surface area contributed by atoms with Crippen molar-refractivity contribution < 1.29 is 29.0 Å². The maximum Gasteiger partial charge on any atom is 0.309 e. The topological polar surface area (TPSA) is 89.9 Å². The van der Waals surface area contributed by atoms with Crippen molar-refractivity contribution in [2.75, 3.05) is 7.11 Å². The molecule has 0 aromatic rings. The van der Waals surface area contributed by atoms with Crippen LogP contribution in [0, 0.1) is 34.5 Å². The Morgan fingerprint density at radius 1 is 1.07 bits per heavy atom. The monoisotopic (exact) mass is 406 g/mol. The standard InChI is InChI=1S/C23H34O6/c1-13(24)29-15-7-9-21(2)14(11-15)5-6-16-18(21)12-19(25)22(3)17(20(26)28-4)8-10-23(16,22)27/h14-18,27H,5-12H2,1-4H3/t14-,15-,16+,17+,18-,21-,22-,23+/m0/s1. The fraction of sp³-hybridized carbons (Fsp3) is 0.870. The first-order valence-electron chi connectivity index (χ1n) is 11.1. The highest BCUT2D eigenvalue weighted by molar-refractivity contribution is 5.93. The lowest BCUT2D eigenvalue weighted by Gasteiger charge is -2.62. The second kappa shape index (κ2) is 6.79. The summed E-state index contributed by atoms with van der Waals surface area (Å²) in [5, 5.41) is 11.9. The molecule has 0 radical (unpaired) electrons. The molecule has 8 atom stereocenters. The third kappa shape index (κ3) is 2.74. The number of hydrogen-bond acceptors (Lipinski definition) is 6. The van der Waals surface area contributed by atoms with Gasteiger partial charge >= 0.3 is 11.9 Å². The molecule has 29 heavy (non-hydrogen) atoms. The van der Waals surface area contributed by atoms with Crippen molar-refractivity contribution in [1.29, 1.82) is 0 Å². The van der Waals surface area contributed by atoms with Gasteiger partial charge in [-0.3, -0.25) is 14.4 Å². The van der Waals surface area contributed by atoms with Crippen LogP contribution in [0.25, 0.3) is 0 Å². The highest BCUT2D eigenvalue weighted by atomic mass is 16.5. The molecule has 4 aliphatic rings. The van der Waals surface area contributed by atoms with Crippen LogP contribution in [-0.4, -0.2) is 41.6 Å². The number of esters is 2. The van der Waals surface area contributed by atoms with Crippen molar-refractivity contribution in [3.8, 4) is 0 Å². The molecule has 0 aromatic carbocycles. The molecular formula is C23H34O6. The first-order valence-corrected chi connectivity index (χ1v) is 11.1. The maximum absolute atomic E-state index is 13.5. The molecule has 6 heteroatoms. The van der Waals surface area contributed by atoms with E-state index in [4.69, 9.17) is 9.47 Å². The number of carbonyl (C=O) groups excluding carboxylic acids is 3. The molecule has 0 unspecified atom stereocenters. The zero-order valence-electron chi connectivity index (χ0n) is 18.0. The van der Waals surface area contributed by atoms with Gasteiger partial charge in [-0.05, 0) is 75.0 Å². The molecular weight excluding hydrogens is 372 g/mol. The first-order chi connectivity index (χ1) is 13.6. The predicted octanol–water partition coefficient (Wildman–Crippen LogP) is 3.04. The molecule has 0 amide bonds. The molecule has 0 aromatic heterocycles. The third-order valence-corrected chi connectivity index (χ3v) is 9.47. The summed E-state index contributed by atoms with van der Waals surface area (Å²) in [7, 11) is 1.35. The fourth-order valence-corrected chi connectivity index (χ4v) is 7.77. The van der Waals surface area contributed by atoms with E-state index < -0.39 is 16.9 Å². The molecule has 6 nitrogen and oxygen atoms in total. The number of ketones is 1. The summed E-state index contributed by atoms with van der Waals surface area (Å²) in [5.41, 5.74) is -2.25. The largest absolute Gasteiger partial charge is 0.469 e. The third-order valence-electron chi connectivity index (χ3n) is 9.47. The number of ether oxygens (including phenoxy) is 2. The van der Waals surface area contributed by atoms with E-state index in [2.05, 4.69) is 6.92 Å². The van der Waals surface area contributed by atoms with Gasteiger partial charge in [0.2, 0.25) is 0 Å². The number of carbonyl (C=O) groups is 3. The Kier molecular flexibility index (Phi) is 4.88. The lowest BCUT2D eigenvalue weighted by Crippen LogP contribution is -2.66. The van der Waals surface area contributed by atoms with Crippen LogP contribution >= 0.6 is 0 Å². The van der Waals surface area contributed by atoms with E-state index >= 15 is 0 Å². The van der Waals surface area contributed by atoms with E-state index in [0.717, 1.165) is 32.1 Å². The molecule has 162 valence electrons.